The average molecular weight is 300 g/mol. The van der Waals surface area contributed by atoms with Crippen molar-refractivity contribution >= 4 is 28.8 Å². The Balaban J connectivity index is 1.92. The average Bonchev–Trinajstić information content (AvgIpc) is 2.88. The Morgan fingerprint density at radius 1 is 1.10 bits per heavy atom. The van der Waals surface area contributed by atoms with E-state index in [2.05, 4.69) is 4.57 Å². The van der Waals surface area contributed by atoms with E-state index in [9.17, 15) is 4.79 Å². The molecule has 106 valence electrons. The maximum Gasteiger partial charge on any atom is 0.162 e. The summed E-state index contributed by atoms with van der Waals surface area (Å²) in [6.07, 6.45) is 2.79. The fraction of sp³-hybridized carbons (Fsp3) is 0.118. The Labute approximate surface area is 127 Å². The van der Waals surface area contributed by atoms with Gasteiger partial charge in [-0.15, -0.1) is 0 Å². The molecule has 4 heteroatoms. The normalized spacial score (nSPS) is 10.7. The van der Waals surface area contributed by atoms with Crippen LogP contribution >= 0.6 is 11.6 Å². The molecule has 0 spiro atoms. The van der Waals surface area contributed by atoms with Crippen LogP contribution in [0.1, 0.15) is 15.9 Å². The number of benzene rings is 2. The third-order valence-electron chi connectivity index (χ3n) is 3.44. The van der Waals surface area contributed by atoms with Crippen LogP contribution in [-0.2, 0) is 6.54 Å². The van der Waals surface area contributed by atoms with Gasteiger partial charge >= 0.3 is 0 Å². The van der Waals surface area contributed by atoms with Gasteiger partial charge in [0.2, 0.25) is 0 Å². The second kappa shape index (κ2) is 6.02. The number of hydrogen-bond acceptors (Lipinski definition) is 2. The smallest absolute Gasteiger partial charge is 0.162 e. The maximum atomic E-state index is 11.2. The summed E-state index contributed by atoms with van der Waals surface area (Å²) < 4.78 is 7.29. The van der Waals surface area contributed by atoms with E-state index in [1.807, 2.05) is 54.7 Å². The molecule has 1 aromatic heterocycles. The number of aromatic nitrogens is 1. The first kappa shape index (κ1) is 13.7. The van der Waals surface area contributed by atoms with Crippen molar-refractivity contribution in [2.75, 3.05) is 6.07 Å². The van der Waals surface area contributed by atoms with Gasteiger partial charge in [0.05, 0.1) is 0 Å². The quantitative estimate of drug-likeness (QED) is 0.525. The number of hydrogen-bond donors (Lipinski definition) is 0. The van der Waals surface area contributed by atoms with Gasteiger partial charge in [0, 0.05) is 29.2 Å². The lowest BCUT2D eigenvalue weighted by atomic mass is 10.2. The van der Waals surface area contributed by atoms with Crippen LogP contribution in [0.3, 0.4) is 0 Å². The minimum Gasteiger partial charge on any atom is -0.478 e. The van der Waals surface area contributed by atoms with E-state index in [1.165, 1.54) is 0 Å². The molecule has 21 heavy (non-hydrogen) atoms. The van der Waals surface area contributed by atoms with Crippen molar-refractivity contribution in [2.24, 2.45) is 0 Å². The standard InChI is InChI=1S/C17H14ClNO2/c18-12-21-15-7-5-13(6-8-15)9-19-10-14(11-20)16-3-1-2-4-17(16)19/h1-8,10-11H,9,12H2. The largest absolute Gasteiger partial charge is 0.478 e. The zero-order valence-electron chi connectivity index (χ0n) is 11.3. The van der Waals surface area contributed by atoms with Crippen LogP contribution in [0.2, 0.25) is 0 Å². The van der Waals surface area contributed by atoms with E-state index in [0.717, 1.165) is 28.5 Å². The van der Waals surface area contributed by atoms with Gasteiger partial charge in [0.15, 0.2) is 12.4 Å². The molecule has 0 aliphatic carbocycles. The highest BCUT2D eigenvalue weighted by Crippen LogP contribution is 2.22. The van der Waals surface area contributed by atoms with Crippen LogP contribution < -0.4 is 4.74 Å². The Morgan fingerprint density at radius 3 is 2.57 bits per heavy atom. The number of alkyl halides is 1. The first-order chi connectivity index (χ1) is 10.3. The van der Waals surface area contributed by atoms with Gasteiger partial charge < -0.3 is 9.30 Å². The first-order valence-electron chi connectivity index (χ1n) is 6.62. The second-order valence-corrected chi connectivity index (χ2v) is 4.96. The predicted molar refractivity (Wildman–Crippen MR) is 84.2 cm³/mol. The number of carbonyl (C=O) groups excluding carboxylic acids is 1. The van der Waals surface area contributed by atoms with E-state index in [4.69, 9.17) is 16.3 Å². The van der Waals surface area contributed by atoms with Gasteiger partial charge in [-0.1, -0.05) is 41.9 Å². The van der Waals surface area contributed by atoms with Crippen LogP contribution in [0.5, 0.6) is 5.75 Å². The van der Waals surface area contributed by atoms with E-state index >= 15 is 0 Å². The molecular weight excluding hydrogens is 286 g/mol. The zero-order chi connectivity index (χ0) is 14.7. The fourth-order valence-electron chi connectivity index (χ4n) is 2.45. The minimum atomic E-state index is 0.143. The van der Waals surface area contributed by atoms with Crippen LogP contribution in [0.15, 0.2) is 54.7 Å². The van der Waals surface area contributed by atoms with Gasteiger partial charge in [-0.3, -0.25) is 4.79 Å². The molecule has 0 N–H and O–H groups in total. The number of carbonyl (C=O) groups is 1. The summed E-state index contributed by atoms with van der Waals surface area (Å²) in [5.41, 5.74) is 2.91. The van der Waals surface area contributed by atoms with Crippen molar-refractivity contribution in [1.29, 1.82) is 0 Å². The van der Waals surface area contributed by atoms with Gasteiger partial charge in [-0.2, -0.15) is 0 Å². The van der Waals surface area contributed by atoms with Crippen molar-refractivity contribution in [3.8, 4) is 5.75 Å². The van der Waals surface area contributed by atoms with Gasteiger partial charge in [0.1, 0.15) is 5.75 Å². The van der Waals surface area contributed by atoms with Crippen LogP contribution in [0, 0.1) is 0 Å². The molecule has 0 atom stereocenters. The van der Waals surface area contributed by atoms with E-state index in [1.54, 1.807) is 0 Å². The Hall–Kier alpha value is -2.26. The van der Waals surface area contributed by atoms with E-state index in [-0.39, 0.29) is 6.07 Å². The molecule has 0 bridgehead atoms. The van der Waals surface area contributed by atoms with Gasteiger partial charge in [-0.05, 0) is 23.8 Å². The number of halogens is 1. The molecule has 3 rings (SSSR count). The lowest BCUT2D eigenvalue weighted by molar-refractivity contribution is 0.112. The number of fused-ring (bicyclic) bond motifs is 1. The molecule has 3 aromatic rings. The Bertz CT molecular complexity index is 762. The molecular formula is C17H14ClNO2. The maximum absolute atomic E-state index is 11.2. The minimum absolute atomic E-state index is 0.143. The van der Waals surface area contributed by atoms with Crippen molar-refractivity contribution in [3.63, 3.8) is 0 Å². The van der Waals surface area contributed by atoms with Crippen LogP contribution in [0.25, 0.3) is 10.9 Å². The van der Waals surface area contributed by atoms with E-state index in [0.29, 0.717) is 12.1 Å². The summed E-state index contributed by atoms with van der Waals surface area (Å²) in [4.78, 5) is 11.2. The molecule has 0 radical (unpaired) electrons. The third kappa shape index (κ3) is 2.78. The molecule has 0 fully saturated rings. The van der Waals surface area contributed by atoms with Crippen molar-refractivity contribution < 1.29 is 9.53 Å². The highest BCUT2D eigenvalue weighted by molar-refractivity contribution is 6.17. The summed E-state index contributed by atoms with van der Waals surface area (Å²) in [6, 6.07) is 15.8. The molecule has 3 nitrogen and oxygen atoms in total. The molecule has 0 unspecified atom stereocenters. The van der Waals surface area contributed by atoms with Gasteiger partial charge in [-0.25, -0.2) is 0 Å². The highest BCUT2D eigenvalue weighted by Gasteiger charge is 2.07. The highest BCUT2D eigenvalue weighted by atomic mass is 35.5. The summed E-state index contributed by atoms with van der Waals surface area (Å²) in [5, 5.41) is 0.981. The molecule has 1 heterocycles. The van der Waals surface area contributed by atoms with Crippen molar-refractivity contribution in [2.45, 2.75) is 6.54 Å². The zero-order valence-corrected chi connectivity index (χ0v) is 12.1. The molecule has 0 saturated carbocycles. The molecule has 0 aliphatic heterocycles. The molecule has 2 aromatic carbocycles. The summed E-state index contributed by atoms with van der Waals surface area (Å²) in [7, 11) is 0. The number of para-hydroxylation sites is 1. The van der Waals surface area contributed by atoms with Crippen molar-refractivity contribution in [3.05, 3.63) is 65.9 Å². The predicted octanol–water partition coefficient (Wildman–Crippen LogP) is 4.08. The molecule has 0 saturated heterocycles. The Kier molecular flexibility index (Phi) is 3.93. The lowest BCUT2D eigenvalue weighted by Gasteiger charge is -2.07. The third-order valence-corrected chi connectivity index (χ3v) is 3.55. The van der Waals surface area contributed by atoms with Gasteiger partial charge in [0.25, 0.3) is 0 Å². The molecule has 0 amide bonds. The van der Waals surface area contributed by atoms with Crippen LogP contribution in [0.4, 0.5) is 0 Å². The SMILES string of the molecule is O=Cc1cn(Cc2ccc(OCCl)cc2)c2ccccc12. The number of ether oxygens (including phenoxy) is 1. The van der Waals surface area contributed by atoms with Crippen LogP contribution in [-0.4, -0.2) is 16.9 Å². The second-order valence-electron chi connectivity index (χ2n) is 4.74. The lowest BCUT2D eigenvalue weighted by Crippen LogP contribution is -1.98. The Morgan fingerprint density at radius 2 is 1.86 bits per heavy atom. The summed E-state index contributed by atoms with van der Waals surface area (Å²) in [6.45, 7) is 0.704. The number of rotatable bonds is 5. The van der Waals surface area contributed by atoms with Crippen molar-refractivity contribution in [1.82, 2.24) is 4.57 Å². The first-order valence-corrected chi connectivity index (χ1v) is 7.16. The topological polar surface area (TPSA) is 31.2 Å². The summed E-state index contributed by atoms with van der Waals surface area (Å²) >= 11 is 5.53. The monoisotopic (exact) mass is 299 g/mol. The fourth-order valence-corrected chi connectivity index (χ4v) is 2.58. The summed E-state index contributed by atoms with van der Waals surface area (Å²) in [5.74, 6) is 0.750. The number of aldehydes is 1. The molecule has 0 aliphatic rings. The number of nitrogens with zero attached hydrogens (tertiary/aromatic N) is 1. The van der Waals surface area contributed by atoms with E-state index < -0.39 is 0 Å².